The highest BCUT2D eigenvalue weighted by Crippen LogP contribution is 2.32. The van der Waals surface area contributed by atoms with Gasteiger partial charge >= 0.3 is 11.0 Å². The average molecular weight is 378 g/mol. The average Bonchev–Trinajstić information content (AvgIpc) is 3.00. The lowest BCUT2D eigenvalue weighted by Gasteiger charge is -2.10. The number of hydrogen-bond donors (Lipinski definition) is 1. The Morgan fingerprint density at radius 2 is 1.96 bits per heavy atom. The number of amides is 1. The SMILES string of the molecule is O=C(COC(=O)c1ccc([N+](=O)[O-])s1)Nc1ccc2c(c1)OCCCO2. The van der Waals surface area contributed by atoms with Crippen LogP contribution >= 0.6 is 11.3 Å². The number of fused-ring (bicyclic) bond motifs is 1. The lowest BCUT2D eigenvalue weighted by molar-refractivity contribution is -0.380. The van der Waals surface area contributed by atoms with Crippen LogP contribution in [-0.4, -0.2) is 36.6 Å². The van der Waals surface area contributed by atoms with Crippen LogP contribution in [0.15, 0.2) is 30.3 Å². The number of hydrogen-bond acceptors (Lipinski definition) is 8. The largest absolute Gasteiger partial charge is 0.490 e. The van der Waals surface area contributed by atoms with E-state index < -0.39 is 23.4 Å². The molecule has 1 aromatic heterocycles. The Morgan fingerprint density at radius 1 is 1.19 bits per heavy atom. The van der Waals surface area contributed by atoms with Crippen molar-refractivity contribution >= 4 is 33.9 Å². The van der Waals surface area contributed by atoms with Gasteiger partial charge in [-0.3, -0.25) is 14.9 Å². The second kappa shape index (κ2) is 7.83. The summed E-state index contributed by atoms with van der Waals surface area (Å²) in [5.74, 6) is -0.204. The summed E-state index contributed by atoms with van der Waals surface area (Å²) in [5, 5.41) is 13.0. The molecule has 0 fully saturated rings. The molecule has 0 bridgehead atoms. The Balaban J connectivity index is 1.54. The van der Waals surface area contributed by atoms with Gasteiger partial charge in [0.15, 0.2) is 18.1 Å². The number of rotatable bonds is 5. The van der Waals surface area contributed by atoms with Crippen LogP contribution in [0, 0.1) is 10.1 Å². The van der Waals surface area contributed by atoms with Crippen LogP contribution in [0.4, 0.5) is 10.7 Å². The fourth-order valence-corrected chi connectivity index (χ4v) is 2.89. The van der Waals surface area contributed by atoms with Gasteiger partial charge in [0, 0.05) is 24.2 Å². The molecule has 2 aromatic rings. The van der Waals surface area contributed by atoms with E-state index in [1.807, 2.05) is 0 Å². The van der Waals surface area contributed by atoms with Crippen LogP contribution in [0.2, 0.25) is 0 Å². The van der Waals surface area contributed by atoms with E-state index in [4.69, 9.17) is 14.2 Å². The third kappa shape index (κ3) is 4.28. The molecule has 136 valence electrons. The molecule has 0 saturated heterocycles. The van der Waals surface area contributed by atoms with E-state index in [0.29, 0.717) is 41.7 Å². The zero-order valence-electron chi connectivity index (χ0n) is 13.4. The number of carbonyl (C=O) groups excluding carboxylic acids is 2. The molecule has 0 atom stereocenters. The van der Waals surface area contributed by atoms with Crippen molar-refractivity contribution in [2.24, 2.45) is 0 Å². The minimum atomic E-state index is -0.795. The van der Waals surface area contributed by atoms with E-state index in [-0.39, 0.29) is 9.88 Å². The second-order valence-corrected chi connectivity index (χ2v) is 6.29. The standard InChI is InChI=1S/C16H14N2O7S/c19-14(9-25-16(20)13-4-5-15(26-13)18(21)22)17-10-2-3-11-12(8-10)24-7-1-6-23-11/h2-5,8H,1,6-7,9H2,(H,17,19). The molecule has 9 nitrogen and oxygen atoms in total. The summed E-state index contributed by atoms with van der Waals surface area (Å²) in [5.41, 5.74) is 0.474. The van der Waals surface area contributed by atoms with Crippen molar-refractivity contribution in [3.05, 3.63) is 45.3 Å². The normalized spacial score (nSPS) is 12.8. The number of thiophene rings is 1. The maximum absolute atomic E-state index is 11.9. The highest BCUT2D eigenvalue weighted by atomic mass is 32.1. The number of esters is 1. The zero-order valence-corrected chi connectivity index (χ0v) is 14.2. The maximum Gasteiger partial charge on any atom is 0.349 e. The van der Waals surface area contributed by atoms with E-state index in [9.17, 15) is 19.7 Å². The Morgan fingerprint density at radius 3 is 2.69 bits per heavy atom. The van der Waals surface area contributed by atoms with Gasteiger partial charge in [0.1, 0.15) is 4.88 Å². The third-order valence-electron chi connectivity index (χ3n) is 3.34. The van der Waals surface area contributed by atoms with Crippen LogP contribution in [0.25, 0.3) is 0 Å². The molecule has 1 aliphatic rings. The first-order chi connectivity index (χ1) is 12.5. The lowest BCUT2D eigenvalue weighted by atomic mass is 10.2. The second-order valence-electron chi connectivity index (χ2n) is 5.23. The zero-order chi connectivity index (χ0) is 18.5. The summed E-state index contributed by atoms with van der Waals surface area (Å²) in [7, 11) is 0. The van der Waals surface area contributed by atoms with Crippen LogP contribution in [-0.2, 0) is 9.53 Å². The Bertz CT molecular complexity index is 849. The first-order valence-corrected chi connectivity index (χ1v) is 8.45. The molecule has 0 radical (unpaired) electrons. The molecule has 3 rings (SSSR count). The van der Waals surface area contributed by atoms with Crippen molar-refractivity contribution in [2.75, 3.05) is 25.1 Å². The maximum atomic E-state index is 11.9. The van der Waals surface area contributed by atoms with E-state index in [1.54, 1.807) is 18.2 Å². The monoisotopic (exact) mass is 378 g/mol. The van der Waals surface area contributed by atoms with Crippen molar-refractivity contribution in [3.63, 3.8) is 0 Å². The van der Waals surface area contributed by atoms with E-state index in [2.05, 4.69) is 5.32 Å². The van der Waals surface area contributed by atoms with E-state index in [1.165, 1.54) is 12.1 Å². The summed E-state index contributed by atoms with van der Waals surface area (Å²) < 4.78 is 15.9. The number of benzene rings is 1. The molecule has 1 N–H and O–H groups in total. The van der Waals surface area contributed by atoms with Crippen LogP contribution in [0.5, 0.6) is 11.5 Å². The number of ether oxygens (including phenoxy) is 3. The quantitative estimate of drug-likeness (QED) is 0.483. The van der Waals surface area contributed by atoms with Gasteiger partial charge in [-0.15, -0.1) is 0 Å². The Labute approximate surface area is 151 Å². The number of anilines is 1. The Kier molecular flexibility index (Phi) is 5.32. The Hall–Kier alpha value is -3.14. The number of nitro groups is 1. The summed E-state index contributed by atoms with van der Waals surface area (Å²) in [4.78, 5) is 33.8. The van der Waals surface area contributed by atoms with Crippen molar-refractivity contribution in [3.8, 4) is 11.5 Å². The summed E-state index contributed by atoms with van der Waals surface area (Å²) >= 11 is 0.686. The number of carbonyl (C=O) groups is 2. The van der Waals surface area contributed by atoms with Crippen LogP contribution < -0.4 is 14.8 Å². The topological polar surface area (TPSA) is 117 Å². The van der Waals surface area contributed by atoms with Crippen molar-refractivity contribution in [1.29, 1.82) is 0 Å². The molecule has 1 aromatic carbocycles. The predicted octanol–water partition coefficient (Wildman–Crippen LogP) is 2.61. The molecule has 26 heavy (non-hydrogen) atoms. The molecule has 1 aliphatic heterocycles. The van der Waals surface area contributed by atoms with Crippen molar-refractivity contribution < 1.29 is 28.7 Å². The summed E-state index contributed by atoms with van der Waals surface area (Å²) in [6, 6.07) is 7.46. The van der Waals surface area contributed by atoms with Crippen molar-refractivity contribution in [2.45, 2.75) is 6.42 Å². The molecule has 2 heterocycles. The van der Waals surface area contributed by atoms with Gasteiger partial charge in [-0.1, -0.05) is 11.3 Å². The van der Waals surface area contributed by atoms with Gasteiger partial charge in [-0.05, 0) is 18.2 Å². The molecule has 10 heteroatoms. The first kappa shape index (κ1) is 17.7. The highest BCUT2D eigenvalue weighted by molar-refractivity contribution is 7.17. The molecular formula is C16H14N2O7S. The van der Waals surface area contributed by atoms with Gasteiger partial charge < -0.3 is 19.5 Å². The van der Waals surface area contributed by atoms with Gasteiger partial charge in [0.25, 0.3) is 5.91 Å². The summed E-state index contributed by atoms with van der Waals surface area (Å²) in [6.45, 7) is 0.573. The third-order valence-corrected chi connectivity index (χ3v) is 4.36. The minimum absolute atomic E-state index is 0.0556. The molecule has 0 saturated carbocycles. The van der Waals surface area contributed by atoms with Gasteiger partial charge in [-0.2, -0.15) is 0 Å². The van der Waals surface area contributed by atoms with Crippen molar-refractivity contribution in [1.82, 2.24) is 0 Å². The van der Waals surface area contributed by atoms with Crippen LogP contribution in [0.1, 0.15) is 16.1 Å². The highest BCUT2D eigenvalue weighted by Gasteiger charge is 2.18. The summed E-state index contributed by atoms with van der Waals surface area (Å²) in [6.07, 6.45) is 0.771. The van der Waals surface area contributed by atoms with E-state index >= 15 is 0 Å². The van der Waals surface area contributed by atoms with Crippen LogP contribution in [0.3, 0.4) is 0 Å². The fraction of sp³-hybridized carbons (Fsp3) is 0.250. The minimum Gasteiger partial charge on any atom is -0.490 e. The first-order valence-electron chi connectivity index (χ1n) is 7.64. The van der Waals surface area contributed by atoms with E-state index in [0.717, 1.165) is 6.42 Å². The lowest BCUT2D eigenvalue weighted by Crippen LogP contribution is -2.20. The molecule has 1 amide bonds. The molecular weight excluding hydrogens is 364 g/mol. The van der Waals surface area contributed by atoms with Gasteiger partial charge in [0.05, 0.1) is 18.1 Å². The predicted molar refractivity (Wildman–Crippen MR) is 91.9 cm³/mol. The number of nitrogens with one attached hydrogen (secondary N) is 1. The fourth-order valence-electron chi connectivity index (χ4n) is 2.18. The molecule has 0 unspecified atom stereocenters. The number of nitrogens with zero attached hydrogens (tertiary/aromatic N) is 1. The molecule has 0 aliphatic carbocycles. The molecule has 0 spiro atoms. The van der Waals surface area contributed by atoms with Gasteiger partial charge in [0.2, 0.25) is 0 Å². The smallest absolute Gasteiger partial charge is 0.349 e. The van der Waals surface area contributed by atoms with Gasteiger partial charge in [-0.25, -0.2) is 4.79 Å².